The van der Waals surface area contributed by atoms with E-state index in [-0.39, 0.29) is 22.8 Å². The van der Waals surface area contributed by atoms with Crippen molar-refractivity contribution in [3.63, 3.8) is 0 Å². The highest BCUT2D eigenvalue weighted by Crippen LogP contribution is 2.44. The zero-order chi connectivity index (χ0) is 24.4. The number of carbonyl (C=O) groups excluding carboxylic acids is 3. The molecule has 0 radical (unpaired) electrons. The molecule has 2 aromatic carbocycles. The Bertz CT molecular complexity index is 1280. The molecule has 1 aromatic heterocycles. The van der Waals surface area contributed by atoms with Crippen LogP contribution < -0.4 is 19.7 Å². The number of nitrogens with zero attached hydrogens (tertiary/aromatic N) is 1. The molecule has 174 valence electrons. The Morgan fingerprint density at radius 1 is 1.06 bits per heavy atom. The number of nitrogens with one attached hydrogen (secondary N) is 1. The minimum atomic E-state index is -1.03. The lowest BCUT2D eigenvalue weighted by Gasteiger charge is -2.23. The van der Waals surface area contributed by atoms with E-state index in [0.717, 1.165) is 0 Å². The van der Waals surface area contributed by atoms with E-state index in [1.54, 1.807) is 48.5 Å². The van der Waals surface area contributed by atoms with Crippen molar-refractivity contribution in [1.82, 2.24) is 0 Å². The highest BCUT2D eigenvalue weighted by atomic mass is 16.5. The van der Waals surface area contributed by atoms with Gasteiger partial charge in [0.2, 0.25) is 5.91 Å². The first-order valence-electron chi connectivity index (χ1n) is 10.3. The second-order valence-electron chi connectivity index (χ2n) is 7.48. The Labute approximate surface area is 195 Å². The number of hydrogen-bond donors (Lipinski definition) is 2. The molecule has 2 N–H and O–H groups in total. The van der Waals surface area contributed by atoms with Gasteiger partial charge in [-0.2, -0.15) is 0 Å². The fraction of sp³-hybridized carbons (Fsp3) is 0.160. The van der Waals surface area contributed by atoms with Gasteiger partial charge in [-0.3, -0.25) is 19.3 Å². The van der Waals surface area contributed by atoms with Crippen LogP contribution in [-0.4, -0.2) is 36.9 Å². The molecule has 2 amide bonds. The zero-order valence-corrected chi connectivity index (χ0v) is 18.7. The second kappa shape index (κ2) is 9.14. The van der Waals surface area contributed by atoms with E-state index in [1.807, 2.05) is 0 Å². The molecular formula is C25H22N2O7. The third-order valence-electron chi connectivity index (χ3n) is 5.38. The van der Waals surface area contributed by atoms with Crippen molar-refractivity contribution < 1.29 is 33.4 Å². The van der Waals surface area contributed by atoms with E-state index in [4.69, 9.17) is 13.9 Å². The molecular weight excluding hydrogens is 440 g/mol. The normalized spacial score (nSPS) is 17.0. The number of benzene rings is 2. The lowest BCUT2D eigenvalue weighted by molar-refractivity contribution is -0.132. The van der Waals surface area contributed by atoms with Crippen molar-refractivity contribution >= 4 is 34.7 Å². The number of amides is 2. The number of ketones is 1. The summed E-state index contributed by atoms with van der Waals surface area (Å²) < 4.78 is 16.2. The number of carbonyl (C=O) groups is 3. The summed E-state index contributed by atoms with van der Waals surface area (Å²) in [5.41, 5.74) is 0.951. The highest BCUT2D eigenvalue weighted by Gasteiger charge is 2.48. The molecule has 0 aliphatic carbocycles. The standard InChI is InChI=1S/C25H22N2O7/c1-14(28)26-15-6-8-16(9-7-15)27-22(20-5-4-12-34-20)21(24(30)25(27)31)23(29)18-13-17(32-2)10-11-19(18)33-3/h4-13,22,29H,1-3H3,(H,26,28)/b23-21-. The minimum absolute atomic E-state index is 0.155. The predicted octanol–water partition coefficient (Wildman–Crippen LogP) is 3.88. The van der Waals surface area contributed by atoms with Crippen molar-refractivity contribution in [1.29, 1.82) is 0 Å². The number of aliphatic hydroxyl groups excluding tert-OH is 1. The molecule has 1 saturated heterocycles. The molecule has 9 nitrogen and oxygen atoms in total. The summed E-state index contributed by atoms with van der Waals surface area (Å²) in [6.45, 7) is 1.39. The quantitative estimate of drug-likeness (QED) is 0.324. The Morgan fingerprint density at radius 3 is 2.38 bits per heavy atom. The van der Waals surface area contributed by atoms with Crippen LogP contribution in [0.4, 0.5) is 11.4 Å². The summed E-state index contributed by atoms with van der Waals surface area (Å²) in [5, 5.41) is 13.9. The maximum Gasteiger partial charge on any atom is 0.300 e. The van der Waals surface area contributed by atoms with Gasteiger partial charge in [0.25, 0.3) is 11.7 Å². The van der Waals surface area contributed by atoms with E-state index < -0.39 is 23.5 Å². The van der Waals surface area contributed by atoms with Crippen molar-refractivity contribution in [2.75, 3.05) is 24.4 Å². The third-order valence-corrected chi connectivity index (χ3v) is 5.38. The zero-order valence-electron chi connectivity index (χ0n) is 18.7. The monoisotopic (exact) mass is 462 g/mol. The van der Waals surface area contributed by atoms with E-state index in [0.29, 0.717) is 22.9 Å². The number of rotatable bonds is 6. The molecule has 4 rings (SSSR count). The fourth-order valence-electron chi connectivity index (χ4n) is 3.87. The fourth-order valence-corrected chi connectivity index (χ4v) is 3.87. The molecule has 9 heteroatoms. The van der Waals surface area contributed by atoms with E-state index in [9.17, 15) is 19.5 Å². The number of furan rings is 1. The molecule has 2 heterocycles. The predicted molar refractivity (Wildman–Crippen MR) is 124 cm³/mol. The van der Waals surface area contributed by atoms with Gasteiger partial charge < -0.3 is 24.3 Å². The van der Waals surface area contributed by atoms with E-state index in [1.165, 1.54) is 38.4 Å². The van der Waals surface area contributed by atoms with Gasteiger partial charge in [0.15, 0.2) is 0 Å². The van der Waals surface area contributed by atoms with E-state index in [2.05, 4.69) is 5.32 Å². The largest absolute Gasteiger partial charge is 0.507 e. The van der Waals surface area contributed by atoms with Crippen LogP contribution in [-0.2, 0) is 14.4 Å². The molecule has 3 aromatic rings. The van der Waals surface area contributed by atoms with Crippen LogP contribution in [0.25, 0.3) is 5.76 Å². The maximum absolute atomic E-state index is 13.2. The van der Waals surface area contributed by atoms with Gasteiger partial charge in [-0.05, 0) is 54.6 Å². The van der Waals surface area contributed by atoms with Gasteiger partial charge in [-0.25, -0.2) is 0 Å². The number of ether oxygens (including phenoxy) is 2. The molecule has 34 heavy (non-hydrogen) atoms. The number of aliphatic hydroxyl groups is 1. The Kier molecular flexibility index (Phi) is 6.09. The molecule has 1 unspecified atom stereocenters. The summed E-state index contributed by atoms with van der Waals surface area (Å²) in [6.07, 6.45) is 1.42. The van der Waals surface area contributed by atoms with Gasteiger partial charge in [0, 0.05) is 18.3 Å². The lowest BCUT2D eigenvalue weighted by Crippen LogP contribution is -2.29. The molecule has 1 fully saturated rings. The van der Waals surface area contributed by atoms with Crippen LogP contribution >= 0.6 is 0 Å². The first kappa shape index (κ1) is 22.7. The Balaban J connectivity index is 1.88. The average molecular weight is 462 g/mol. The third kappa shape index (κ3) is 3.99. The van der Waals surface area contributed by atoms with Gasteiger partial charge >= 0.3 is 0 Å². The van der Waals surface area contributed by atoms with Gasteiger partial charge in [0.1, 0.15) is 29.1 Å². The highest BCUT2D eigenvalue weighted by molar-refractivity contribution is 6.51. The summed E-state index contributed by atoms with van der Waals surface area (Å²) >= 11 is 0. The summed E-state index contributed by atoms with van der Waals surface area (Å²) in [4.78, 5) is 38.9. The molecule has 1 atom stereocenters. The van der Waals surface area contributed by atoms with Crippen molar-refractivity contribution in [3.8, 4) is 11.5 Å². The number of Topliss-reactive ketones (excluding diaryl/α,β-unsaturated/α-hetero) is 1. The Morgan fingerprint density at radius 2 is 1.79 bits per heavy atom. The molecule has 0 spiro atoms. The first-order valence-corrected chi connectivity index (χ1v) is 10.3. The van der Waals surface area contributed by atoms with Crippen LogP contribution in [0.2, 0.25) is 0 Å². The van der Waals surface area contributed by atoms with Gasteiger partial charge in [0.05, 0.1) is 31.6 Å². The van der Waals surface area contributed by atoms with E-state index >= 15 is 0 Å². The van der Waals surface area contributed by atoms with Crippen molar-refractivity contribution in [2.45, 2.75) is 13.0 Å². The van der Waals surface area contributed by atoms with Crippen molar-refractivity contribution in [3.05, 3.63) is 77.8 Å². The lowest BCUT2D eigenvalue weighted by atomic mass is 9.98. The molecule has 0 bridgehead atoms. The second-order valence-corrected chi connectivity index (χ2v) is 7.48. The average Bonchev–Trinajstić information content (AvgIpc) is 3.45. The van der Waals surface area contributed by atoms with Crippen LogP contribution in [0.3, 0.4) is 0 Å². The summed E-state index contributed by atoms with van der Waals surface area (Å²) in [6, 6.07) is 13.4. The smallest absolute Gasteiger partial charge is 0.300 e. The van der Waals surface area contributed by atoms with Gasteiger partial charge in [-0.1, -0.05) is 0 Å². The summed E-state index contributed by atoms with van der Waals surface area (Å²) in [7, 11) is 2.90. The molecule has 1 aliphatic rings. The van der Waals surface area contributed by atoms with Crippen LogP contribution in [0.1, 0.15) is 24.3 Å². The van der Waals surface area contributed by atoms with Gasteiger partial charge in [-0.15, -0.1) is 0 Å². The number of anilines is 2. The van der Waals surface area contributed by atoms with Crippen molar-refractivity contribution in [2.24, 2.45) is 0 Å². The number of methoxy groups -OCH3 is 2. The maximum atomic E-state index is 13.2. The SMILES string of the molecule is COc1ccc(OC)c(/C(O)=C2/C(=O)C(=O)N(c3ccc(NC(C)=O)cc3)C2c2ccco2)c1. The number of hydrogen-bond acceptors (Lipinski definition) is 7. The van der Waals surface area contributed by atoms with Crippen LogP contribution in [0.15, 0.2) is 70.9 Å². The summed E-state index contributed by atoms with van der Waals surface area (Å²) in [5.74, 6) is -1.37. The molecule has 1 aliphatic heterocycles. The minimum Gasteiger partial charge on any atom is -0.507 e. The molecule has 0 saturated carbocycles. The van der Waals surface area contributed by atoms with Crippen LogP contribution in [0, 0.1) is 0 Å². The first-order chi connectivity index (χ1) is 16.3. The van der Waals surface area contributed by atoms with Crippen LogP contribution in [0.5, 0.6) is 11.5 Å². The Hall–Kier alpha value is -4.53. The topological polar surface area (TPSA) is 118 Å².